The van der Waals surface area contributed by atoms with Crippen molar-refractivity contribution in [1.29, 1.82) is 5.41 Å². The van der Waals surface area contributed by atoms with Crippen LogP contribution in [0.4, 0.5) is 0 Å². The number of nitrogens with zero attached hydrogens (tertiary/aromatic N) is 2. The molecule has 18 heavy (non-hydrogen) atoms. The SMILES string of the molecule is CCCn1nc(-c2cccs2)cc(C(=N)N)c1=O. The van der Waals surface area contributed by atoms with E-state index in [1.807, 2.05) is 24.4 Å². The number of aryl methyl sites for hydroxylation is 1. The molecule has 6 heteroatoms. The fourth-order valence-corrected chi connectivity index (χ4v) is 2.32. The Morgan fingerprint density at radius 2 is 2.39 bits per heavy atom. The van der Waals surface area contributed by atoms with Crippen LogP contribution in [0.25, 0.3) is 10.6 Å². The average molecular weight is 262 g/mol. The highest BCUT2D eigenvalue weighted by atomic mass is 32.1. The summed E-state index contributed by atoms with van der Waals surface area (Å²) in [6.45, 7) is 2.50. The minimum atomic E-state index is -0.301. The summed E-state index contributed by atoms with van der Waals surface area (Å²) in [6, 6.07) is 5.44. The predicted molar refractivity (Wildman–Crippen MR) is 73.1 cm³/mol. The van der Waals surface area contributed by atoms with Crippen molar-refractivity contribution in [3.05, 3.63) is 39.5 Å². The summed E-state index contributed by atoms with van der Waals surface area (Å²) < 4.78 is 1.38. The van der Waals surface area contributed by atoms with E-state index in [4.69, 9.17) is 11.1 Å². The molecule has 2 heterocycles. The first-order chi connectivity index (χ1) is 8.63. The van der Waals surface area contributed by atoms with Crippen LogP contribution in [0, 0.1) is 5.41 Å². The van der Waals surface area contributed by atoms with Crippen LogP contribution < -0.4 is 11.3 Å². The summed E-state index contributed by atoms with van der Waals surface area (Å²) in [5.41, 5.74) is 6.04. The minimum absolute atomic E-state index is 0.210. The Bertz CT molecular complexity index is 616. The molecular formula is C12H14N4OS. The fourth-order valence-electron chi connectivity index (χ4n) is 1.64. The molecule has 2 rings (SSSR count). The Hall–Kier alpha value is -1.95. The normalized spacial score (nSPS) is 10.5. The zero-order valence-corrected chi connectivity index (χ0v) is 10.8. The standard InChI is InChI=1S/C12H14N4OS/c1-2-5-16-12(17)8(11(13)14)7-9(15-16)10-4-3-6-18-10/h3-4,6-7H,2,5H2,1H3,(H3,13,14). The van der Waals surface area contributed by atoms with E-state index >= 15 is 0 Å². The van der Waals surface area contributed by atoms with Crippen LogP contribution in [0.1, 0.15) is 18.9 Å². The molecule has 0 fully saturated rings. The van der Waals surface area contributed by atoms with Gasteiger partial charge in [0.1, 0.15) is 11.5 Å². The van der Waals surface area contributed by atoms with E-state index in [0.717, 1.165) is 11.3 Å². The molecule has 0 aliphatic rings. The maximum Gasteiger partial charge on any atom is 0.277 e. The van der Waals surface area contributed by atoms with Crippen molar-refractivity contribution in [3.63, 3.8) is 0 Å². The first-order valence-electron chi connectivity index (χ1n) is 5.64. The van der Waals surface area contributed by atoms with Gasteiger partial charge in [0.25, 0.3) is 5.56 Å². The predicted octanol–water partition coefficient (Wildman–Crippen LogP) is 1.67. The molecule has 94 valence electrons. The number of thiophene rings is 1. The second kappa shape index (κ2) is 5.14. The maximum atomic E-state index is 12.0. The summed E-state index contributed by atoms with van der Waals surface area (Å²) in [5.74, 6) is -0.218. The molecule has 0 aromatic carbocycles. The molecule has 0 spiro atoms. The van der Waals surface area contributed by atoms with Gasteiger partial charge in [0, 0.05) is 6.54 Å². The third kappa shape index (κ3) is 2.33. The fraction of sp³-hybridized carbons (Fsp3) is 0.250. The van der Waals surface area contributed by atoms with Crippen molar-refractivity contribution >= 4 is 17.2 Å². The summed E-state index contributed by atoms with van der Waals surface area (Å²) >= 11 is 1.54. The average Bonchev–Trinajstić information content (AvgIpc) is 2.85. The summed E-state index contributed by atoms with van der Waals surface area (Å²) in [6.07, 6.45) is 0.804. The number of aromatic nitrogens is 2. The first kappa shape index (κ1) is 12.5. The lowest BCUT2D eigenvalue weighted by atomic mass is 10.2. The van der Waals surface area contributed by atoms with Crippen LogP contribution in [0.15, 0.2) is 28.4 Å². The molecule has 0 amide bonds. The van der Waals surface area contributed by atoms with Gasteiger partial charge in [-0.1, -0.05) is 13.0 Å². The van der Waals surface area contributed by atoms with E-state index < -0.39 is 0 Å². The van der Waals surface area contributed by atoms with Crippen LogP contribution in [0.3, 0.4) is 0 Å². The molecular weight excluding hydrogens is 248 g/mol. The van der Waals surface area contributed by atoms with E-state index in [1.165, 1.54) is 16.0 Å². The molecule has 0 saturated heterocycles. The second-order valence-corrected chi connectivity index (χ2v) is 4.81. The molecule has 0 saturated carbocycles. The van der Waals surface area contributed by atoms with Gasteiger partial charge in [-0.3, -0.25) is 10.2 Å². The number of rotatable bonds is 4. The van der Waals surface area contributed by atoms with Crippen LogP contribution in [0.2, 0.25) is 0 Å². The van der Waals surface area contributed by atoms with E-state index in [-0.39, 0.29) is 17.0 Å². The molecule has 0 unspecified atom stereocenters. The molecule has 3 N–H and O–H groups in total. The van der Waals surface area contributed by atoms with Crippen LogP contribution in [-0.2, 0) is 6.54 Å². The lowest BCUT2D eigenvalue weighted by Gasteiger charge is -2.08. The van der Waals surface area contributed by atoms with Crippen molar-refractivity contribution in [2.75, 3.05) is 0 Å². The summed E-state index contributed by atoms with van der Waals surface area (Å²) in [4.78, 5) is 13.0. The van der Waals surface area contributed by atoms with Crippen molar-refractivity contribution < 1.29 is 0 Å². The number of nitrogen functional groups attached to an aromatic ring is 1. The van der Waals surface area contributed by atoms with Crippen LogP contribution in [-0.4, -0.2) is 15.6 Å². The van der Waals surface area contributed by atoms with Crippen molar-refractivity contribution in [2.24, 2.45) is 5.73 Å². The van der Waals surface area contributed by atoms with E-state index in [0.29, 0.717) is 12.2 Å². The van der Waals surface area contributed by atoms with E-state index in [1.54, 1.807) is 6.07 Å². The van der Waals surface area contributed by atoms with Crippen molar-refractivity contribution in [1.82, 2.24) is 9.78 Å². The number of hydrogen-bond acceptors (Lipinski definition) is 4. The molecule has 0 aliphatic heterocycles. The Balaban J connectivity index is 2.62. The summed E-state index contributed by atoms with van der Waals surface area (Å²) in [7, 11) is 0. The Labute approximate surface area is 108 Å². The zero-order chi connectivity index (χ0) is 13.1. The molecule has 2 aromatic rings. The van der Waals surface area contributed by atoms with E-state index in [9.17, 15) is 4.79 Å². The zero-order valence-electron chi connectivity index (χ0n) is 10.0. The van der Waals surface area contributed by atoms with Crippen molar-refractivity contribution in [2.45, 2.75) is 19.9 Å². The lowest BCUT2D eigenvalue weighted by Crippen LogP contribution is -2.31. The highest BCUT2D eigenvalue weighted by molar-refractivity contribution is 7.13. The second-order valence-electron chi connectivity index (χ2n) is 3.86. The monoisotopic (exact) mass is 262 g/mol. The topological polar surface area (TPSA) is 84.8 Å². The molecule has 0 radical (unpaired) electrons. The largest absolute Gasteiger partial charge is 0.384 e. The van der Waals surface area contributed by atoms with Gasteiger partial charge in [0.15, 0.2) is 0 Å². The highest BCUT2D eigenvalue weighted by Gasteiger charge is 2.12. The van der Waals surface area contributed by atoms with Gasteiger partial charge in [-0.25, -0.2) is 4.68 Å². The number of nitrogens with two attached hydrogens (primary N) is 1. The molecule has 2 aromatic heterocycles. The molecule has 0 aliphatic carbocycles. The van der Waals surface area contributed by atoms with Gasteiger partial charge in [-0.05, 0) is 23.9 Å². The van der Waals surface area contributed by atoms with Gasteiger partial charge < -0.3 is 5.73 Å². The quantitative estimate of drug-likeness (QED) is 0.649. The first-order valence-corrected chi connectivity index (χ1v) is 6.52. The van der Waals surface area contributed by atoms with Gasteiger partial charge in [-0.2, -0.15) is 5.10 Å². The van der Waals surface area contributed by atoms with Crippen LogP contribution >= 0.6 is 11.3 Å². The van der Waals surface area contributed by atoms with Gasteiger partial charge >= 0.3 is 0 Å². The third-order valence-electron chi connectivity index (χ3n) is 2.47. The Kier molecular flexibility index (Phi) is 3.57. The summed E-state index contributed by atoms with van der Waals surface area (Å²) in [5, 5.41) is 13.7. The smallest absolute Gasteiger partial charge is 0.277 e. The third-order valence-corrected chi connectivity index (χ3v) is 3.37. The van der Waals surface area contributed by atoms with Gasteiger partial charge in [0.2, 0.25) is 0 Å². The van der Waals surface area contributed by atoms with Crippen molar-refractivity contribution in [3.8, 4) is 10.6 Å². The molecule has 5 nitrogen and oxygen atoms in total. The van der Waals surface area contributed by atoms with E-state index in [2.05, 4.69) is 5.10 Å². The minimum Gasteiger partial charge on any atom is -0.384 e. The molecule has 0 atom stereocenters. The number of amidine groups is 1. The molecule has 0 bridgehead atoms. The lowest BCUT2D eigenvalue weighted by molar-refractivity contribution is 0.570. The maximum absolute atomic E-state index is 12.0. The number of nitrogens with one attached hydrogen (secondary N) is 1. The van der Waals surface area contributed by atoms with Gasteiger partial charge in [0.05, 0.1) is 10.4 Å². The van der Waals surface area contributed by atoms with Gasteiger partial charge in [-0.15, -0.1) is 11.3 Å². The Morgan fingerprint density at radius 1 is 1.61 bits per heavy atom. The number of hydrogen-bond donors (Lipinski definition) is 2. The van der Waals surface area contributed by atoms with Crippen LogP contribution in [0.5, 0.6) is 0 Å². The Morgan fingerprint density at radius 3 is 2.94 bits per heavy atom. The highest BCUT2D eigenvalue weighted by Crippen LogP contribution is 2.22.